The molecule has 0 aromatic heterocycles. The molecule has 20 heavy (non-hydrogen) atoms. The zero-order valence-corrected chi connectivity index (χ0v) is 13.4. The van der Waals surface area contributed by atoms with Gasteiger partial charge in [-0.2, -0.15) is 0 Å². The molecule has 0 saturated heterocycles. The van der Waals surface area contributed by atoms with E-state index in [9.17, 15) is 4.79 Å². The average molecular weight is 279 g/mol. The van der Waals surface area contributed by atoms with Gasteiger partial charge in [-0.25, -0.2) is 0 Å². The van der Waals surface area contributed by atoms with E-state index in [1.165, 1.54) is 6.42 Å². The van der Waals surface area contributed by atoms with Crippen molar-refractivity contribution in [1.82, 2.24) is 5.32 Å². The highest BCUT2D eigenvalue weighted by Gasteiger charge is 2.42. The van der Waals surface area contributed by atoms with Crippen molar-refractivity contribution in [2.45, 2.75) is 65.3 Å². The lowest BCUT2D eigenvalue weighted by Crippen LogP contribution is -2.53. The van der Waals surface area contributed by atoms with Gasteiger partial charge >= 0.3 is 5.97 Å². The predicted molar refractivity (Wildman–Crippen MR) is 82.2 cm³/mol. The Labute approximate surface area is 123 Å². The van der Waals surface area contributed by atoms with Crippen LogP contribution in [0.25, 0.3) is 0 Å². The standard InChI is InChI=1S/C17H29NO2/c1-6-13-18-17(15(19)20-7-2)11-8-9-14(10-12-17)16(3,4)5/h1,14,18H,7-13H2,2-5H3. The van der Waals surface area contributed by atoms with Gasteiger partial charge < -0.3 is 4.74 Å². The number of hydrogen-bond acceptors (Lipinski definition) is 3. The van der Waals surface area contributed by atoms with Crippen LogP contribution < -0.4 is 5.32 Å². The highest BCUT2D eigenvalue weighted by atomic mass is 16.5. The molecule has 1 aliphatic rings. The maximum absolute atomic E-state index is 12.4. The van der Waals surface area contributed by atoms with Crippen LogP contribution in [0.2, 0.25) is 0 Å². The number of hydrogen-bond donors (Lipinski definition) is 1. The summed E-state index contributed by atoms with van der Waals surface area (Å²) in [5.41, 5.74) is -0.292. The number of carbonyl (C=O) groups is 1. The fourth-order valence-corrected chi connectivity index (χ4v) is 3.15. The summed E-state index contributed by atoms with van der Waals surface area (Å²) in [7, 11) is 0. The first-order chi connectivity index (χ1) is 9.35. The highest BCUT2D eigenvalue weighted by Crippen LogP contribution is 2.40. The monoisotopic (exact) mass is 279 g/mol. The number of ether oxygens (including phenoxy) is 1. The van der Waals surface area contributed by atoms with Crippen LogP contribution in [-0.4, -0.2) is 24.7 Å². The van der Waals surface area contributed by atoms with Gasteiger partial charge in [0.25, 0.3) is 0 Å². The average Bonchev–Trinajstić information content (AvgIpc) is 2.59. The van der Waals surface area contributed by atoms with Crippen LogP contribution in [0.1, 0.15) is 59.8 Å². The molecule has 3 nitrogen and oxygen atoms in total. The fraction of sp³-hybridized carbons (Fsp3) is 0.824. The molecule has 0 aliphatic heterocycles. The van der Waals surface area contributed by atoms with E-state index in [0.717, 1.165) is 25.7 Å². The van der Waals surface area contributed by atoms with E-state index >= 15 is 0 Å². The van der Waals surface area contributed by atoms with Crippen molar-refractivity contribution in [2.24, 2.45) is 11.3 Å². The molecular formula is C17H29NO2. The molecule has 1 aliphatic carbocycles. The summed E-state index contributed by atoms with van der Waals surface area (Å²) in [5.74, 6) is 3.09. The van der Waals surface area contributed by atoms with Gasteiger partial charge in [-0.15, -0.1) is 6.42 Å². The molecule has 1 fully saturated rings. The van der Waals surface area contributed by atoms with Gasteiger partial charge in [-0.3, -0.25) is 10.1 Å². The van der Waals surface area contributed by atoms with Gasteiger partial charge in [0.1, 0.15) is 5.54 Å². The Morgan fingerprint density at radius 3 is 2.65 bits per heavy atom. The van der Waals surface area contributed by atoms with E-state index in [2.05, 4.69) is 32.0 Å². The molecule has 1 N–H and O–H groups in total. The van der Waals surface area contributed by atoms with Crippen LogP contribution in [0.4, 0.5) is 0 Å². The first-order valence-electron chi connectivity index (χ1n) is 7.71. The number of esters is 1. The minimum Gasteiger partial charge on any atom is -0.465 e. The summed E-state index contributed by atoms with van der Waals surface area (Å²) in [4.78, 5) is 12.4. The van der Waals surface area contributed by atoms with E-state index in [1.807, 2.05) is 6.92 Å². The molecule has 0 aromatic rings. The Balaban J connectivity index is 2.85. The van der Waals surface area contributed by atoms with E-state index in [4.69, 9.17) is 11.2 Å². The van der Waals surface area contributed by atoms with Gasteiger partial charge in [0.05, 0.1) is 13.2 Å². The summed E-state index contributed by atoms with van der Waals surface area (Å²) in [6.45, 7) is 9.53. The first-order valence-corrected chi connectivity index (χ1v) is 7.71. The van der Waals surface area contributed by atoms with Crippen molar-refractivity contribution in [3.8, 4) is 12.3 Å². The molecule has 3 heteroatoms. The Morgan fingerprint density at radius 2 is 2.10 bits per heavy atom. The third-order valence-corrected chi connectivity index (χ3v) is 4.50. The molecule has 1 rings (SSSR count). The number of nitrogens with one attached hydrogen (secondary N) is 1. The smallest absolute Gasteiger partial charge is 0.326 e. The minimum atomic E-state index is -0.581. The number of carbonyl (C=O) groups excluding carboxylic acids is 1. The third kappa shape index (κ3) is 4.24. The van der Waals surface area contributed by atoms with Gasteiger partial charge in [0.2, 0.25) is 0 Å². The van der Waals surface area contributed by atoms with Crippen LogP contribution in [0.3, 0.4) is 0 Å². The Kier molecular flexibility index (Phi) is 6.07. The van der Waals surface area contributed by atoms with E-state index in [-0.39, 0.29) is 11.4 Å². The van der Waals surface area contributed by atoms with Crippen molar-refractivity contribution >= 4 is 5.97 Å². The largest absolute Gasteiger partial charge is 0.465 e. The molecule has 0 bridgehead atoms. The lowest BCUT2D eigenvalue weighted by atomic mass is 9.76. The molecule has 2 atom stereocenters. The SMILES string of the molecule is C#CCNC1(C(=O)OCC)CCCC(C(C)(C)C)CC1. The van der Waals surface area contributed by atoms with Crippen LogP contribution in [0.5, 0.6) is 0 Å². The second-order valence-corrected chi connectivity index (χ2v) is 6.85. The third-order valence-electron chi connectivity index (χ3n) is 4.50. The van der Waals surface area contributed by atoms with Crippen LogP contribution in [0, 0.1) is 23.7 Å². The lowest BCUT2D eigenvalue weighted by molar-refractivity contribution is -0.151. The predicted octanol–water partition coefficient (Wildman–Crippen LogP) is 3.14. The van der Waals surface area contributed by atoms with Gasteiger partial charge in [0.15, 0.2) is 0 Å². The topological polar surface area (TPSA) is 38.3 Å². The van der Waals surface area contributed by atoms with Crippen molar-refractivity contribution < 1.29 is 9.53 Å². The van der Waals surface area contributed by atoms with Crippen LogP contribution in [-0.2, 0) is 9.53 Å². The van der Waals surface area contributed by atoms with E-state index in [0.29, 0.717) is 19.1 Å². The summed E-state index contributed by atoms with van der Waals surface area (Å²) in [6, 6.07) is 0. The summed E-state index contributed by atoms with van der Waals surface area (Å²) in [6.07, 6.45) is 10.2. The molecule has 0 spiro atoms. The Hall–Kier alpha value is -1.01. The molecule has 2 unspecified atom stereocenters. The van der Waals surface area contributed by atoms with Gasteiger partial charge in [-0.05, 0) is 43.9 Å². The maximum Gasteiger partial charge on any atom is 0.326 e. The highest BCUT2D eigenvalue weighted by molar-refractivity contribution is 5.81. The van der Waals surface area contributed by atoms with Crippen molar-refractivity contribution in [2.75, 3.05) is 13.2 Å². The second kappa shape index (κ2) is 7.13. The lowest BCUT2D eigenvalue weighted by Gasteiger charge is -2.32. The van der Waals surface area contributed by atoms with Gasteiger partial charge in [0, 0.05) is 0 Å². The zero-order chi connectivity index (χ0) is 15.2. The van der Waals surface area contributed by atoms with Crippen molar-refractivity contribution in [3.63, 3.8) is 0 Å². The molecule has 0 heterocycles. The van der Waals surface area contributed by atoms with Crippen LogP contribution in [0.15, 0.2) is 0 Å². The Bertz CT molecular complexity index is 364. The summed E-state index contributed by atoms with van der Waals surface area (Å²) in [5, 5.41) is 3.27. The maximum atomic E-state index is 12.4. The number of terminal acetylenes is 1. The quantitative estimate of drug-likeness (QED) is 0.488. The van der Waals surface area contributed by atoms with E-state index in [1.54, 1.807) is 0 Å². The molecular weight excluding hydrogens is 250 g/mol. The van der Waals surface area contributed by atoms with Crippen molar-refractivity contribution in [1.29, 1.82) is 0 Å². The molecule has 0 aromatic carbocycles. The van der Waals surface area contributed by atoms with Gasteiger partial charge in [-0.1, -0.05) is 33.1 Å². The molecule has 0 radical (unpaired) electrons. The normalized spacial score (nSPS) is 27.4. The van der Waals surface area contributed by atoms with Crippen LogP contribution >= 0.6 is 0 Å². The van der Waals surface area contributed by atoms with Crippen molar-refractivity contribution in [3.05, 3.63) is 0 Å². The second-order valence-electron chi connectivity index (χ2n) is 6.85. The Morgan fingerprint density at radius 1 is 1.40 bits per heavy atom. The summed E-state index contributed by atoms with van der Waals surface area (Å²) >= 11 is 0. The molecule has 0 amide bonds. The number of rotatable bonds is 4. The zero-order valence-electron chi connectivity index (χ0n) is 13.4. The molecule has 114 valence electrons. The minimum absolute atomic E-state index is 0.134. The molecule has 1 saturated carbocycles. The fourth-order valence-electron chi connectivity index (χ4n) is 3.15. The summed E-state index contributed by atoms with van der Waals surface area (Å²) < 4.78 is 5.29. The first kappa shape index (κ1) is 17.0. The van der Waals surface area contributed by atoms with E-state index < -0.39 is 5.54 Å².